The molecule has 1 saturated heterocycles. The fraction of sp³-hybridized carbons (Fsp3) is 0.364. The van der Waals surface area contributed by atoms with Gasteiger partial charge in [-0.05, 0) is 18.9 Å². The summed E-state index contributed by atoms with van der Waals surface area (Å²) in [7, 11) is 0. The monoisotopic (exact) mass is 252 g/mol. The molecule has 7 nitrogen and oxygen atoms in total. The van der Waals surface area contributed by atoms with Gasteiger partial charge in [0.1, 0.15) is 6.04 Å². The smallest absolute Gasteiger partial charge is 0.324 e. The van der Waals surface area contributed by atoms with E-state index in [-0.39, 0.29) is 11.4 Å². The van der Waals surface area contributed by atoms with Gasteiger partial charge in [0, 0.05) is 12.6 Å². The highest BCUT2D eigenvalue weighted by molar-refractivity contribution is 5.73. The molecule has 1 N–H and O–H groups in total. The second-order valence-electron chi connectivity index (χ2n) is 3.95. The van der Waals surface area contributed by atoms with Crippen LogP contribution in [0.25, 0.3) is 0 Å². The molecule has 0 radical (unpaired) electrons. The molecule has 0 aromatic heterocycles. The van der Waals surface area contributed by atoms with E-state index in [0.29, 0.717) is 19.4 Å². The number of rotatable bonds is 4. The maximum atomic E-state index is 11.0. The fourth-order valence-corrected chi connectivity index (χ4v) is 1.91. The zero-order valence-electron chi connectivity index (χ0n) is 9.48. The fourth-order valence-electron chi connectivity index (χ4n) is 1.91. The maximum absolute atomic E-state index is 11.0. The maximum Gasteiger partial charge on any atom is 0.324 e. The summed E-state index contributed by atoms with van der Waals surface area (Å²) in [5.41, 5.74) is -0.173. The Morgan fingerprint density at radius 1 is 1.50 bits per heavy atom. The van der Waals surface area contributed by atoms with Crippen molar-refractivity contribution in [1.29, 1.82) is 0 Å². The standard InChI is InChI=1S/C11H12N2O5/c14-11(15)9-5-3-7-12(9)18-10-6-2-1-4-8(10)13(16)17/h1-2,4,6,9H,3,5,7H2,(H,14,15)/t9-/m0/s1. The number of carboxylic acids is 1. The molecule has 0 saturated carbocycles. The summed E-state index contributed by atoms with van der Waals surface area (Å²) >= 11 is 0. The highest BCUT2D eigenvalue weighted by Gasteiger charge is 2.33. The van der Waals surface area contributed by atoms with Gasteiger partial charge in [-0.25, -0.2) is 0 Å². The summed E-state index contributed by atoms with van der Waals surface area (Å²) < 4.78 is 0. The average molecular weight is 252 g/mol. The molecular weight excluding hydrogens is 240 g/mol. The molecule has 1 aromatic rings. The van der Waals surface area contributed by atoms with Gasteiger partial charge in [0.2, 0.25) is 5.75 Å². The van der Waals surface area contributed by atoms with Gasteiger partial charge < -0.3 is 9.94 Å². The number of hydroxylamine groups is 2. The molecule has 18 heavy (non-hydrogen) atoms. The molecule has 1 aliphatic rings. The second kappa shape index (κ2) is 5.01. The highest BCUT2D eigenvalue weighted by atomic mass is 16.7. The van der Waals surface area contributed by atoms with E-state index < -0.39 is 16.9 Å². The van der Waals surface area contributed by atoms with Crippen LogP contribution < -0.4 is 4.84 Å². The minimum Gasteiger partial charge on any atom is -0.480 e. The van der Waals surface area contributed by atoms with Gasteiger partial charge in [-0.1, -0.05) is 12.1 Å². The SMILES string of the molecule is O=C(O)[C@@H]1CCCN1Oc1ccccc1[N+](=O)[O-]. The predicted molar refractivity (Wildman–Crippen MR) is 61.1 cm³/mol. The molecule has 0 aliphatic carbocycles. The second-order valence-corrected chi connectivity index (χ2v) is 3.95. The van der Waals surface area contributed by atoms with Crippen LogP contribution in [-0.4, -0.2) is 33.6 Å². The Hall–Kier alpha value is -2.15. The van der Waals surface area contributed by atoms with Gasteiger partial charge >= 0.3 is 11.7 Å². The lowest BCUT2D eigenvalue weighted by Gasteiger charge is -2.20. The normalized spacial score (nSPS) is 19.7. The minimum atomic E-state index is -0.980. The molecule has 7 heteroatoms. The van der Waals surface area contributed by atoms with Crippen molar-refractivity contribution < 1.29 is 19.7 Å². The van der Waals surface area contributed by atoms with Gasteiger partial charge in [-0.3, -0.25) is 14.9 Å². The topological polar surface area (TPSA) is 92.9 Å². The van der Waals surface area contributed by atoms with E-state index in [4.69, 9.17) is 9.94 Å². The number of benzene rings is 1. The van der Waals surface area contributed by atoms with Crippen molar-refractivity contribution in [2.24, 2.45) is 0 Å². The van der Waals surface area contributed by atoms with Crippen LogP contribution in [0, 0.1) is 10.1 Å². The number of nitro groups is 1. The summed E-state index contributed by atoms with van der Waals surface area (Å²) in [6.45, 7) is 0.447. The summed E-state index contributed by atoms with van der Waals surface area (Å²) in [6, 6.07) is 5.17. The van der Waals surface area contributed by atoms with E-state index in [1.54, 1.807) is 6.07 Å². The number of carbonyl (C=O) groups is 1. The molecule has 0 bridgehead atoms. The third-order valence-corrected chi connectivity index (χ3v) is 2.77. The van der Waals surface area contributed by atoms with Crippen LogP contribution in [0.3, 0.4) is 0 Å². The van der Waals surface area contributed by atoms with E-state index in [2.05, 4.69) is 0 Å². The third kappa shape index (κ3) is 2.40. The Balaban J connectivity index is 2.19. The molecular formula is C11H12N2O5. The van der Waals surface area contributed by atoms with Crippen LogP contribution in [0.15, 0.2) is 24.3 Å². The van der Waals surface area contributed by atoms with Crippen molar-refractivity contribution in [3.05, 3.63) is 34.4 Å². The summed E-state index contributed by atoms with van der Waals surface area (Å²) in [6.07, 6.45) is 1.17. The van der Waals surface area contributed by atoms with Crippen molar-refractivity contribution in [2.45, 2.75) is 18.9 Å². The van der Waals surface area contributed by atoms with Gasteiger partial charge in [-0.15, -0.1) is 5.06 Å². The highest BCUT2D eigenvalue weighted by Crippen LogP contribution is 2.29. The Kier molecular flexibility index (Phi) is 3.42. The van der Waals surface area contributed by atoms with Crippen molar-refractivity contribution >= 4 is 11.7 Å². The lowest BCUT2D eigenvalue weighted by molar-refractivity contribution is -0.386. The molecule has 0 spiro atoms. The molecule has 1 heterocycles. The number of carboxylic acid groups (broad SMARTS) is 1. The quantitative estimate of drug-likeness (QED) is 0.643. The van der Waals surface area contributed by atoms with E-state index >= 15 is 0 Å². The summed E-state index contributed by atoms with van der Waals surface area (Å²) in [5.74, 6) is -0.915. The predicted octanol–water partition coefficient (Wildman–Crippen LogP) is 1.44. The Labute approximate surface area is 103 Å². The van der Waals surface area contributed by atoms with Gasteiger partial charge in [-0.2, -0.15) is 0 Å². The van der Waals surface area contributed by atoms with E-state index in [1.807, 2.05) is 0 Å². The zero-order valence-corrected chi connectivity index (χ0v) is 9.48. The molecule has 1 fully saturated rings. The largest absolute Gasteiger partial charge is 0.480 e. The summed E-state index contributed by atoms with van der Waals surface area (Å²) in [4.78, 5) is 26.6. The number of hydrogen-bond acceptors (Lipinski definition) is 5. The average Bonchev–Trinajstić information content (AvgIpc) is 2.77. The number of aliphatic carboxylic acids is 1. The van der Waals surface area contributed by atoms with Crippen LogP contribution in [-0.2, 0) is 4.79 Å². The van der Waals surface area contributed by atoms with Gasteiger partial charge in [0.15, 0.2) is 0 Å². The minimum absolute atomic E-state index is 0.0654. The van der Waals surface area contributed by atoms with Crippen molar-refractivity contribution in [3.63, 3.8) is 0 Å². The first-order chi connectivity index (χ1) is 8.59. The van der Waals surface area contributed by atoms with Gasteiger partial charge in [0.25, 0.3) is 0 Å². The first-order valence-corrected chi connectivity index (χ1v) is 5.50. The lowest BCUT2D eigenvalue weighted by atomic mass is 10.2. The molecule has 1 atom stereocenters. The molecule has 1 aromatic carbocycles. The molecule has 96 valence electrons. The Morgan fingerprint density at radius 3 is 2.89 bits per heavy atom. The van der Waals surface area contributed by atoms with Crippen LogP contribution >= 0.6 is 0 Å². The van der Waals surface area contributed by atoms with Crippen LogP contribution in [0.5, 0.6) is 5.75 Å². The van der Waals surface area contributed by atoms with Crippen molar-refractivity contribution in [3.8, 4) is 5.75 Å². The zero-order chi connectivity index (χ0) is 13.1. The van der Waals surface area contributed by atoms with Crippen molar-refractivity contribution in [1.82, 2.24) is 5.06 Å². The first kappa shape index (κ1) is 12.3. The first-order valence-electron chi connectivity index (χ1n) is 5.50. The van der Waals surface area contributed by atoms with E-state index in [9.17, 15) is 14.9 Å². The van der Waals surface area contributed by atoms with Crippen molar-refractivity contribution in [2.75, 3.05) is 6.54 Å². The molecule has 2 rings (SSSR count). The van der Waals surface area contributed by atoms with E-state index in [1.165, 1.54) is 23.3 Å². The molecule has 0 amide bonds. The number of hydrogen-bond donors (Lipinski definition) is 1. The van der Waals surface area contributed by atoms with E-state index in [0.717, 1.165) is 0 Å². The number of para-hydroxylation sites is 2. The molecule has 0 unspecified atom stereocenters. The Bertz CT molecular complexity index is 476. The Morgan fingerprint density at radius 2 is 2.22 bits per heavy atom. The van der Waals surface area contributed by atoms with Crippen LogP contribution in [0.1, 0.15) is 12.8 Å². The number of nitrogens with zero attached hydrogens (tertiary/aromatic N) is 2. The third-order valence-electron chi connectivity index (χ3n) is 2.77. The van der Waals surface area contributed by atoms with Crippen LogP contribution in [0.4, 0.5) is 5.69 Å². The lowest BCUT2D eigenvalue weighted by Crippen LogP contribution is -2.38. The number of nitro benzene ring substituents is 1. The summed E-state index contributed by atoms with van der Waals surface area (Å²) in [5, 5.41) is 21.1. The van der Waals surface area contributed by atoms with Gasteiger partial charge in [0.05, 0.1) is 4.92 Å². The van der Waals surface area contributed by atoms with Crippen LogP contribution in [0.2, 0.25) is 0 Å². The molecule has 1 aliphatic heterocycles.